The van der Waals surface area contributed by atoms with Gasteiger partial charge in [0.2, 0.25) is 0 Å². The van der Waals surface area contributed by atoms with E-state index in [9.17, 15) is 4.79 Å². The van der Waals surface area contributed by atoms with Gasteiger partial charge in [-0.2, -0.15) is 5.10 Å². The van der Waals surface area contributed by atoms with E-state index >= 15 is 0 Å². The number of benzene rings is 1. The first-order valence-electron chi connectivity index (χ1n) is 8.39. The molecule has 1 amide bonds. The molecule has 3 rings (SSSR count). The zero-order valence-corrected chi connectivity index (χ0v) is 15.5. The Morgan fingerprint density at radius 2 is 2.04 bits per heavy atom. The molecule has 0 spiro atoms. The molecule has 0 unspecified atom stereocenters. The Balaban J connectivity index is 1.56. The van der Waals surface area contributed by atoms with Crippen LogP contribution in [0.25, 0.3) is 0 Å². The number of hydrogen-bond acceptors (Lipinski definition) is 6. The number of amides is 1. The average molecular weight is 370 g/mol. The highest BCUT2D eigenvalue weighted by atomic mass is 16.5. The third-order valence-corrected chi connectivity index (χ3v) is 3.67. The summed E-state index contributed by atoms with van der Waals surface area (Å²) in [6.07, 6.45) is 0. The van der Waals surface area contributed by atoms with Crippen molar-refractivity contribution in [2.75, 3.05) is 26.5 Å². The third-order valence-electron chi connectivity index (χ3n) is 3.67. The monoisotopic (exact) mass is 370 g/mol. The molecule has 8 nitrogen and oxygen atoms in total. The molecule has 0 atom stereocenters. The van der Waals surface area contributed by atoms with Gasteiger partial charge in [0.05, 0.1) is 12.8 Å². The Hall–Kier alpha value is -3.26. The Kier molecular flexibility index (Phi) is 5.77. The number of rotatable bonds is 8. The molecule has 0 fully saturated rings. The van der Waals surface area contributed by atoms with Gasteiger partial charge < -0.3 is 24.1 Å². The summed E-state index contributed by atoms with van der Waals surface area (Å²) in [5.41, 5.74) is 0.905. The van der Waals surface area contributed by atoms with Gasteiger partial charge in [-0.05, 0) is 38.4 Å². The Bertz CT molecular complexity index is 901. The molecule has 2 aromatic heterocycles. The maximum Gasteiger partial charge on any atom is 0.292 e. The van der Waals surface area contributed by atoms with E-state index in [0.29, 0.717) is 29.6 Å². The van der Waals surface area contributed by atoms with Crippen molar-refractivity contribution in [2.45, 2.75) is 13.2 Å². The van der Waals surface area contributed by atoms with E-state index in [1.165, 1.54) is 0 Å². The average Bonchev–Trinajstić information content (AvgIpc) is 3.29. The number of ether oxygens (including phenoxy) is 2. The summed E-state index contributed by atoms with van der Waals surface area (Å²) in [4.78, 5) is 14.3. The minimum absolute atomic E-state index is 0.191. The van der Waals surface area contributed by atoms with Gasteiger partial charge in [0.15, 0.2) is 11.6 Å². The van der Waals surface area contributed by atoms with Gasteiger partial charge in [-0.1, -0.05) is 6.07 Å². The molecule has 8 heteroatoms. The highest BCUT2D eigenvalue weighted by Gasteiger charge is 2.14. The van der Waals surface area contributed by atoms with Gasteiger partial charge in [-0.15, -0.1) is 0 Å². The number of nitrogens with zero attached hydrogens (tertiary/aromatic N) is 2. The maximum atomic E-state index is 12.3. The number of methoxy groups -OCH3 is 1. The maximum absolute atomic E-state index is 12.3. The molecular formula is C19H22N4O4. The van der Waals surface area contributed by atoms with Crippen LogP contribution in [0.15, 0.2) is 46.9 Å². The number of hydrogen-bond donors (Lipinski definition) is 2. The predicted octanol–water partition coefficient (Wildman–Crippen LogP) is 2.90. The zero-order chi connectivity index (χ0) is 19.2. The van der Waals surface area contributed by atoms with Crippen LogP contribution in [0.3, 0.4) is 0 Å². The third kappa shape index (κ3) is 5.11. The van der Waals surface area contributed by atoms with E-state index in [0.717, 1.165) is 5.69 Å². The van der Waals surface area contributed by atoms with Crippen molar-refractivity contribution in [3.05, 3.63) is 59.7 Å². The van der Waals surface area contributed by atoms with Gasteiger partial charge in [0, 0.05) is 18.7 Å². The summed E-state index contributed by atoms with van der Waals surface area (Å²) >= 11 is 0. The van der Waals surface area contributed by atoms with E-state index in [-0.39, 0.29) is 18.3 Å². The first-order valence-corrected chi connectivity index (χ1v) is 8.39. The Morgan fingerprint density at radius 3 is 2.81 bits per heavy atom. The molecule has 1 aromatic carbocycles. The summed E-state index contributed by atoms with van der Waals surface area (Å²) in [6, 6.07) is 12.4. The molecule has 0 aliphatic heterocycles. The van der Waals surface area contributed by atoms with Crippen LogP contribution in [-0.2, 0) is 13.2 Å². The van der Waals surface area contributed by atoms with Crippen molar-refractivity contribution in [3.8, 4) is 11.5 Å². The van der Waals surface area contributed by atoms with E-state index in [4.69, 9.17) is 13.9 Å². The fourth-order valence-electron chi connectivity index (χ4n) is 2.45. The van der Waals surface area contributed by atoms with E-state index in [1.807, 2.05) is 37.2 Å². The van der Waals surface area contributed by atoms with Crippen molar-refractivity contribution in [1.29, 1.82) is 0 Å². The largest absolute Gasteiger partial charge is 0.497 e. The Morgan fingerprint density at radius 1 is 1.22 bits per heavy atom. The van der Waals surface area contributed by atoms with Crippen molar-refractivity contribution in [2.24, 2.45) is 0 Å². The summed E-state index contributed by atoms with van der Waals surface area (Å²) in [7, 11) is 5.51. The number of anilines is 1. The van der Waals surface area contributed by atoms with Crippen molar-refractivity contribution < 1.29 is 18.7 Å². The first-order chi connectivity index (χ1) is 13.0. The van der Waals surface area contributed by atoms with E-state index in [1.54, 1.807) is 31.4 Å². The summed E-state index contributed by atoms with van der Waals surface area (Å²) in [6.45, 7) is 0.908. The van der Waals surface area contributed by atoms with Crippen LogP contribution < -0.4 is 14.8 Å². The smallest absolute Gasteiger partial charge is 0.292 e. The molecule has 142 valence electrons. The molecule has 0 radical (unpaired) electrons. The lowest BCUT2D eigenvalue weighted by Crippen LogP contribution is -2.11. The second-order valence-corrected chi connectivity index (χ2v) is 6.20. The van der Waals surface area contributed by atoms with Gasteiger partial charge in [0.25, 0.3) is 5.91 Å². The van der Waals surface area contributed by atoms with Crippen LogP contribution in [0.2, 0.25) is 0 Å². The molecule has 2 heterocycles. The number of furan rings is 1. The fourth-order valence-corrected chi connectivity index (χ4v) is 2.45. The van der Waals surface area contributed by atoms with Crippen LogP contribution in [0.5, 0.6) is 11.5 Å². The minimum atomic E-state index is -0.370. The molecule has 0 bridgehead atoms. The summed E-state index contributed by atoms with van der Waals surface area (Å²) < 4.78 is 16.4. The van der Waals surface area contributed by atoms with Crippen molar-refractivity contribution in [3.63, 3.8) is 0 Å². The molecule has 2 N–H and O–H groups in total. The van der Waals surface area contributed by atoms with Gasteiger partial charge in [-0.3, -0.25) is 9.89 Å². The van der Waals surface area contributed by atoms with Crippen LogP contribution in [0, 0.1) is 0 Å². The second-order valence-electron chi connectivity index (χ2n) is 6.20. The SMILES string of the molecule is COc1cccc(OCc2ccc(C(=O)Nc3cc(CN(C)C)[nH]n3)o2)c1. The lowest BCUT2D eigenvalue weighted by atomic mass is 10.3. The number of nitrogens with one attached hydrogen (secondary N) is 2. The van der Waals surface area contributed by atoms with Crippen LogP contribution >= 0.6 is 0 Å². The standard InChI is InChI=1S/C19H22N4O4/c1-23(2)11-13-9-18(22-21-13)20-19(24)17-8-7-16(27-17)12-26-15-6-4-5-14(10-15)25-3/h4-10H,11-12H2,1-3H3,(H2,20,21,22,24). The van der Waals surface area contributed by atoms with Gasteiger partial charge >= 0.3 is 0 Å². The number of H-pyrrole nitrogens is 1. The Labute approximate surface area is 157 Å². The molecular weight excluding hydrogens is 348 g/mol. The molecule has 0 aliphatic rings. The topological polar surface area (TPSA) is 92.6 Å². The number of aromatic nitrogens is 2. The van der Waals surface area contributed by atoms with Crippen LogP contribution in [0.1, 0.15) is 22.0 Å². The van der Waals surface area contributed by atoms with E-state index < -0.39 is 0 Å². The zero-order valence-electron chi connectivity index (χ0n) is 15.5. The molecule has 0 saturated carbocycles. The first kappa shape index (κ1) is 18.5. The molecule has 0 saturated heterocycles. The van der Waals surface area contributed by atoms with Crippen molar-refractivity contribution in [1.82, 2.24) is 15.1 Å². The van der Waals surface area contributed by atoms with Crippen LogP contribution in [0.4, 0.5) is 5.82 Å². The van der Waals surface area contributed by atoms with Crippen molar-refractivity contribution >= 4 is 11.7 Å². The normalized spacial score (nSPS) is 10.8. The molecule has 27 heavy (non-hydrogen) atoms. The summed E-state index contributed by atoms with van der Waals surface area (Å²) in [5, 5.41) is 9.65. The summed E-state index contributed by atoms with van der Waals surface area (Å²) in [5.74, 6) is 2.17. The molecule has 3 aromatic rings. The van der Waals surface area contributed by atoms with E-state index in [2.05, 4.69) is 15.5 Å². The minimum Gasteiger partial charge on any atom is -0.497 e. The predicted molar refractivity (Wildman–Crippen MR) is 100.0 cm³/mol. The lowest BCUT2D eigenvalue weighted by Gasteiger charge is -2.06. The lowest BCUT2D eigenvalue weighted by molar-refractivity contribution is 0.0992. The van der Waals surface area contributed by atoms with Crippen LogP contribution in [-0.4, -0.2) is 42.2 Å². The van der Waals surface area contributed by atoms with Gasteiger partial charge in [0.1, 0.15) is 23.9 Å². The fraction of sp³-hybridized carbons (Fsp3) is 0.263. The number of carbonyl (C=O) groups is 1. The number of carbonyl (C=O) groups excluding carboxylic acids is 1. The second kappa shape index (κ2) is 8.41. The highest BCUT2D eigenvalue weighted by Crippen LogP contribution is 2.20. The van der Waals surface area contributed by atoms with Gasteiger partial charge in [-0.25, -0.2) is 0 Å². The molecule has 0 aliphatic carbocycles. The quantitative estimate of drug-likeness (QED) is 0.633. The number of aromatic amines is 1. The highest BCUT2D eigenvalue weighted by molar-refractivity contribution is 6.01.